The van der Waals surface area contributed by atoms with Crippen LogP contribution < -0.4 is 5.32 Å². The molecule has 0 saturated heterocycles. The van der Waals surface area contributed by atoms with Gasteiger partial charge in [0.25, 0.3) is 5.91 Å². The topological polar surface area (TPSA) is 74.5 Å². The molecule has 2 rings (SSSR count). The first-order valence-electron chi connectivity index (χ1n) is 5.81. The van der Waals surface area contributed by atoms with Gasteiger partial charge < -0.3 is 20.1 Å². The van der Waals surface area contributed by atoms with Gasteiger partial charge in [-0.15, -0.1) is 0 Å². The molecule has 1 aromatic heterocycles. The van der Waals surface area contributed by atoms with Crippen molar-refractivity contribution in [3.8, 4) is 0 Å². The molecule has 1 aliphatic rings. The summed E-state index contributed by atoms with van der Waals surface area (Å²) in [5.74, 6) is -0.257. The smallest absolute Gasteiger partial charge is 0.268 e. The summed E-state index contributed by atoms with van der Waals surface area (Å²) in [6.45, 7) is 1.02. The first-order valence-corrected chi connectivity index (χ1v) is 5.81. The quantitative estimate of drug-likeness (QED) is 0.690. The van der Waals surface area contributed by atoms with Crippen LogP contribution in [0.4, 0.5) is 0 Å². The normalized spacial score (nSPS) is 15.9. The summed E-state index contributed by atoms with van der Waals surface area (Å²) in [6.07, 6.45) is 4.10. The molecule has 1 amide bonds. The van der Waals surface area contributed by atoms with Crippen LogP contribution in [0.2, 0.25) is 0 Å². The molecule has 0 aromatic carbocycles. The van der Waals surface area contributed by atoms with Crippen molar-refractivity contribution in [1.29, 1.82) is 0 Å². The van der Waals surface area contributed by atoms with Crippen molar-refractivity contribution < 1.29 is 15.0 Å². The van der Waals surface area contributed by atoms with E-state index in [1.54, 1.807) is 13.0 Å². The maximum atomic E-state index is 12.0. The number of nitrogens with zero attached hydrogens (tertiary/aromatic N) is 1. The summed E-state index contributed by atoms with van der Waals surface area (Å²) >= 11 is 0. The number of aliphatic hydroxyl groups is 2. The zero-order valence-electron chi connectivity index (χ0n) is 9.89. The Morgan fingerprint density at radius 1 is 1.53 bits per heavy atom. The minimum atomic E-state index is -0.976. The van der Waals surface area contributed by atoms with E-state index in [4.69, 9.17) is 10.2 Å². The molecule has 17 heavy (non-hydrogen) atoms. The highest BCUT2D eigenvalue weighted by Crippen LogP contribution is 2.36. The highest BCUT2D eigenvalue weighted by Gasteiger charge is 2.30. The predicted octanol–water partition coefficient (Wildman–Crippen LogP) is 0.296. The molecule has 1 aliphatic carbocycles. The lowest BCUT2D eigenvalue weighted by Gasteiger charge is -2.26. The van der Waals surface area contributed by atoms with Gasteiger partial charge in [0.15, 0.2) is 0 Å². The summed E-state index contributed by atoms with van der Waals surface area (Å²) in [5, 5.41) is 20.9. The van der Waals surface area contributed by atoms with Crippen molar-refractivity contribution in [3.63, 3.8) is 0 Å². The molecule has 0 unspecified atom stereocenters. The van der Waals surface area contributed by atoms with E-state index in [1.165, 1.54) is 0 Å². The van der Waals surface area contributed by atoms with Gasteiger partial charge in [-0.3, -0.25) is 4.79 Å². The lowest BCUT2D eigenvalue weighted by Crippen LogP contribution is -2.52. The number of carbonyl (C=O) groups is 1. The van der Waals surface area contributed by atoms with E-state index in [9.17, 15) is 4.79 Å². The second kappa shape index (κ2) is 4.50. The van der Waals surface area contributed by atoms with Crippen molar-refractivity contribution in [1.82, 2.24) is 9.88 Å². The van der Waals surface area contributed by atoms with Crippen molar-refractivity contribution in [2.24, 2.45) is 0 Å². The summed E-state index contributed by atoms with van der Waals surface area (Å²) in [4.78, 5) is 12.0. The Morgan fingerprint density at radius 2 is 2.18 bits per heavy atom. The van der Waals surface area contributed by atoms with Crippen LogP contribution in [0.25, 0.3) is 0 Å². The largest absolute Gasteiger partial charge is 0.394 e. The number of nitrogens with one attached hydrogen (secondary N) is 1. The number of hydrogen-bond acceptors (Lipinski definition) is 3. The Kier molecular flexibility index (Phi) is 3.22. The van der Waals surface area contributed by atoms with Crippen LogP contribution in [-0.2, 0) is 0 Å². The first kappa shape index (κ1) is 12.1. The van der Waals surface area contributed by atoms with Gasteiger partial charge in [-0.1, -0.05) is 0 Å². The van der Waals surface area contributed by atoms with Crippen molar-refractivity contribution in [2.45, 2.75) is 31.3 Å². The van der Waals surface area contributed by atoms with Crippen LogP contribution in [0.5, 0.6) is 0 Å². The highest BCUT2D eigenvalue weighted by molar-refractivity contribution is 5.93. The summed E-state index contributed by atoms with van der Waals surface area (Å²) in [6, 6.07) is 4.02. The Hall–Kier alpha value is -1.33. The van der Waals surface area contributed by atoms with Crippen molar-refractivity contribution >= 4 is 5.91 Å². The molecular formula is C12H18N2O3. The maximum Gasteiger partial charge on any atom is 0.268 e. The third-order valence-electron chi connectivity index (χ3n) is 3.07. The molecule has 5 heteroatoms. The van der Waals surface area contributed by atoms with Gasteiger partial charge in [0.1, 0.15) is 5.69 Å². The zero-order chi connectivity index (χ0) is 12.5. The fourth-order valence-electron chi connectivity index (χ4n) is 1.72. The van der Waals surface area contributed by atoms with E-state index in [1.807, 2.05) is 16.8 Å². The molecule has 0 radical (unpaired) electrons. The van der Waals surface area contributed by atoms with E-state index in [0.717, 1.165) is 12.8 Å². The molecule has 1 saturated carbocycles. The molecule has 0 bridgehead atoms. The average Bonchev–Trinajstić information content (AvgIpc) is 3.06. The monoisotopic (exact) mass is 238 g/mol. The molecule has 3 N–H and O–H groups in total. The zero-order valence-corrected chi connectivity index (χ0v) is 9.89. The molecule has 5 nitrogen and oxygen atoms in total. The molecule has 0 atom stereocenters. The van der Waals surface area contributed by atoms with Crippen LogP contribution >= 0.6 is 0 Å². The van der Waals surface area contributed by atoms with Gasteiger partial charge in [0.05, 0.1) is 18.8 Å². The molecule has 94 valence electrons. The van der Waals surface area contributed by atoms with E-state index >= 15 is 0 Å². The molecular weight excluding hydrogens is 220 g/mol. The van der Waals surface area contributed by atoms with Gasteiger partial charge >= 0.3 is 0 Å². The van der Waals surface area contributed by atoms with Crippen LogP contribution in [0.3, 0.4) is 0 Å². The molecule has 0 spiro atoms. The van der Waals surface area contributed by atoms with Gasteiger partial charge in [0, 0.05) is 12.2 Å². The third-order valence-corrected chi connectivity index (χ3v) is 3.07. The third kappa shape index (κ3) is 2.50. The Bertz CT molecular complexity index is 406. The van der Waals surface area contributed by atoms with E-state index in [2.05, 4.69) is 5.32 Å². The van der Waals surface area contributed by atoms with Crippen LogP contribution in [0.1, 0.15) is 36.3 Å². The maximum absolute atomic E-state index is 12.0. The number of aromatic nitrogens is 1. The summed E-state index contributed by atoms with van der Waals surface area (Å²) in [5.41, 5.74) is -0.393. The first-order chi connectivity index (χ1) is 8.09. The van der Waals surface area contributed by atoms with Crippen molar-refractivity contribution in [2.75, 3.05) is 13.2 Å². The van der Waals surface area contributed by atoms with Crippen LogP contribution in [0, 0.1) is 0 Å². The standard InChI is InChI=1S/C12H18N2O3/c1-12(7-15,8-16)13-11(17)10-3-2-6-14(10)9-4-5-9/h2-3,6,9,15-16H,4-5,7-8H2,1H3,(H,13,17). The number of amides is 1. The minimum absolute atomic E-state index is 0.257. The molecule has 1 heterocycles. The van der Waals surface area contributed by atoms with E-state index < -0.39 is 5.54 Å². The number of aliphatic hydroxyl groups excluding tert-OH is 2. The lowest BCUT2D eigenvalue weighted by atomic mass is 10.1. The molecule has 0 aliphatic heterocycles. The van der Waals surface area contributed by atoms with E-state index in [-0.39, 0.29) is 19.1 Å². The SMILES string of the molecule is CC(CO)(CO)NC(=O)c1cccn1C1CC1. The van der Waals surface area contributed by atoms with Gasteiger partial charge in [-0.05, 0) is 31.9 Å². The fraction of sp³-hybridized carbons (Fsp3) is 0.583. The number of carbonyl (C=O) groups excluding carboxylic acids is 1. The molecule has 1 fully saturated rings. The number of rotatable bonds is 5. The van der Waals surface area contributed by atoms with Gasteiger partial charge in [0.2, 0.25) is 0 Å². The summed E-state index contributed by atoms with van der Waals surface area (Å²) in [7, 11) is 0. The fourth-order valence-corrected chi connectivity index (χ4v) is 1.72. The van der Waals surface area contributed by atoms with Gasteiger partial charge in [-0.2, -0.15) is 0 Å². The highest BCUT2D eigenvalue weighted by atomic mass is 16.3. The van der Waals surface area contributed by atoms with Gasteiger partial charge in [-0.25, -0.2) is 0 Å². The minimum Gasteiger partial charge on any atom is -0.394 e. The molecule has 1 aromatic rings. The summed E-state index contributed by atoms with van der Waals surface area (Å²) < 4.78 is 1.95. The Labute approximate surface area is 100 Å². The predicted molar refractivity (Wildman–Crippen MR) is 62.7 cm³/mol. The second-order valence-electron chi connectivity index (χ2n) is 4.86. The second-order valence-corrected chi connectivity index (χ2v) is 4.86. The van der Waals surface area contributed by atoms with Crippen molar-refractivity contribution in [3.05, 3.63) is 24.0 Å². The van der Waals surface area contributed by atoms with E-state index in [0.29, 0.717) is 11.7 Å². The Balaban J connectivity index is 2.11. The van der Waals surface area contributed by atoms with Crippen LogP contribution in [0.15, 0.2) is 18.3 Å². The lowest BCUT2D eigenvalue weighted by molar-refractivity contribution is 0.0715. The Morgan fingerprint density at radius 3 is 2.71 bits per heavy atom. The average molecular weight is 238 g/mol. The number of hydrogen-bond donors (Lipinski definition) is 3. The van der Waals surface area contributed by atoms with Crippen LogP contribution in [-0.4, -0.2) is 39.4 Å².